The van der Waals surface area contributed by atoms with Crippen molar-refractivity contribution in [3.05, 3.63) is 76.1 Å². The number of halogens is 1. The molecule has 0 radical (unpaired) electrons. The van der Waals surface area contributed by atoms with E-state index in [0.29, 0.717) is 35.4 Å². The Labute approximate surface area is 176 Å². The summed E-state index contributed by atoms with van der Waals surface area (Å²) in [6.45, 7) is 8.98. The molecule has 1 aromatic heterocycles. The Kier molecular flexibility index (Phi) is 6.65. The van der Waals surface area contributed by atoms with Crippen LogP contribution in [0.4, 0.5) is 4.39 Å². The van der Waals surface area contributed by atoms with E-state index in [2.05, 4.69) is 0 Å². The molecule has 3 aromatic rings. The van der Waals surface area contributed by atoms with Gasteiger partial charge in [-0.2, -0.15) is 0 Å². The monoisotopic (exact) mass is 409 g/mol. The highest BCUT2D eigenvalue weighted by Crippen LogP contribution is 2.24. The summed E-state index contributed by atoms with van der Waals surface area (Å²) >= 11 is 0. The molecule has 0 saturated carbocycles. The first-order valence-electron chi connectivity index (χ1n) is 10.4. The molecule has 0 aliphatic heterocycles. The van der Waals surface area contributed by atoms with Crippen molar-refractivity contribution in [1.29, 1.82) is 0 Å². The summed E-state index contributed by atoms with van der Waals surface area (Å²) in [5.41, 5.74) is 0.938. The maximum atomic E-state index is 13.3. The molecular weight excluding hydrogens is 381 g/mol. The van der Waals surface area contributed by atoms with Crippen LogP contribution in [0.3, 0.4) is 0 Å². The summed E-state index contributed by atoms with van der Waals surface area (Å²) in [7, 11) is 0. The van der Waals surface area contributed by atoms with Gasteiger partial charge >= 0.3 is 0 Å². The predicted octanol–water partition coefficient (Wildman–Crippen LogP) is 4.81. The Bertz CT molecular complexity index is 1090. The number of fused-ring (bicyclic) bond motifs is 1. The van der Waals surface area contributed by atoms with Crippen LogP contribution in [0.1, 0.15) is 56.3 Å². The smallest absolute Gasteiger partial charge is 0.261 e. The third-order valence-corrected chi connectivity index (χ3v) is 5.09. The lowest BCUT2D eigenvalue weighted by molar-refractivity contribution is 0.0652. The number of hydrogen-bond donors (Lipinski definition) is 0. The van der Waals surface area contributed by atoms with Gasteiger partial charge in [-0.15, -0.1) is 0 Å². The number of carbonyl (C=O) groups is 1. The van der Waals surface area contributed by atoms with Crippen LogP contribution in [0.2, 0.25) is 0 Å². The van der Waals surface area contributed by atoms with Crippen molar-refractivity contribution < 1.29 is 9.18 Å². The van der Waals surface area contributed by atoms with Crippen molar-refractivity contribution >= 4 is 16.8 Å². The number of nitrogens with zero attached hydrogens (tertiary/aromatic N) is 3. The third kappa shape index (κ3) is 4.42. The van der Waals surface area contributed by atoms with Gasteiger partial charge in [-0.25, -0.2) is 9.37 Å². The standard InChI is InChI=1S/C24H28FN3O2/c1-5-14-27-22(26-21-9-7-6-8-20(21)24(27)30)17(4)28(15-16(2)3)23(29)18-10-12-19(25)13-11-18/h6-13,16-17H,5,14-15H2,1-4H3/t17-/m0/s1. The van der Waals surface area contributed by atoms with Crippen LogP contribution in [-0.2, 0) is 6.54 Å². The minimum Gasteiger partial charge on any atom is -0.328 e. The zero-order chi connectivity index (χ0) is 21.8. The maximum absolute atomic E-state index is 13.3. The highest BCUT2D eigenvalue weighted by atomic mass is 19.1. The first-order valence-corrected chi connectivity index (χ1v) is 10.4. The molecule has 0 saturated heterocycles. The minimum absolute atomic E-state index is 0.0944. The molecule has 0 aliphatic rings. The van der Waals surface area contributed by atoms with Crippen LogP contribution in [0, 0.1) is 11.7 Å². The SMILES string of the molecule is CCCn1c([C@H](C)N(CC(C)C)C(=O)c2ccc(F)cc2)nc2ccccc2c1=O. The van der Waals surface area contributed by atoms with E-state index in [0.717, 1.165) is 6.42 Å². The summed E-state index contributed by atoms with van der Waals surface area (Å²) in [5.74, 6) is 0.185. The topological polar surface area (TPSA) is 55.2 Å². The van der Waals surface area contributed by atoms with E-state index in [1.54, 1.807) is 15.5 Å². The van der Waals surface area contributed by atoms with E-state index < -0.39 is 6.04 Å². The number of benzene rings is 2. The van der Waals surface area contributed by atoms with Crippen LogP contribution >= 0.6 is 0 Å². The second kappa shape index (κ2) is 9.20. The van der Waals surface area contributed by atoms with Crippen molar-refractivity contribution in [2.45, 2.75) is 46.7 Å². The number of aromatic nitrogens is 2. The normalized spacial score (nSPS) is 12.3. The number of amides is 1. The fourth-order valence-corrected chi connectivity index (χ4v) is 3.65. The molecule has 30 heavy (non-hydrogen) atoms. The Balaban J connectivity index is 2.11. The fraction of sp³-hybridized carbons (Fsp3) is 0.375. The summed E-state index contributed by atoms with van der Waals surface area (Å²) in [4.78, 5) is 33.0. The molecule has 0 fully saturated rings. The molecule has 0 unspecified atom stereocenters. The van der Waals surface area contributed by atoms with Crippen LogP contribution in [0.15, 0.2) is 53.3 Å². The van der Waals surface area contributed by atoms with Gasteiger partial charge in [0.1, 0.15) is 11.6 Å². The average Bonchev–Trinajstić information content (AvgIpc) is 2.73. The fourth-order valence-electron chi connectivity index (χ4n) is 3.65. The van der Waals surface area contributed by atoms with Crippen molar-refractivity contribution in [3.63, 3.8) is 0 Å². The second-order valence-corrected chi connectivity index (χ2v) is 7.98. The van der Waals surface area contributed by atoms with E-state index in [4.69, 9.17) is 4.98 Å². The van der Waals surface area contributed by atoms with Crippen molar-refractivity contribution in [2.75, 3.05) is 6.54 Å². The van der Waals surface area contributed by atoms with Crippen LogP contribution in [0.25, 0.3) is 10.9 Å². The van der Waals surface area contributed by atoms with E-state index in [1.807, 2.05) is 45.9 Å². The average molecular weight is 410 g/mol. The Morgan fingerprint density at radius 3 is 2.40 bits per heavy atom. The summed E-state index contributed by atoms with van der Waals surface area (Å²) in [5, 5.41) is 0.571. The number of hydrogen-bond acceptors (Lipinski definition) is 3. The number of rotatable bonds is 7. The second-order valence-electron chi connectivity index (χ2n) is 7.98. The van der Waals surface area contributed by atoms with Crippen molar-refractivity contribution in [3.8, 4) is 0 Å². The molecule has 0 bridgehead atoms. The molecule has 3 rings (SSSR count). The summed E-state index contributed by atoms with van der Waals surface area (Å²) < 4.78 is 15.0. The zero-order valence-corrected chi connectivity index (χ0v) is 17.9. The molecule has 0 aliphatic carbocycles. The van der Waals surface area contributed by atoms with Crippen LogP contribution in [-0.4, -0.2) is 26.9 Å². The Morgan fingerprint density at radius 1 is 1.10 bits per heavy atom. The molecule has 2 aromatic carbocycles. The van der Waals surface area contributed by atoms with Gasteiger partial charge in [0.15, 0.2) is 0 Å². The van der Waals surface area contributed by atoms with E-state index in [1.165, 1.54) is 24.3 Å². The van der Waals surface area contributed by atoms with E-state index >= 15 is 0 Å². The number of para-hydroxylation sites is 1. The summed E-state index contributed by atoms with van der Waals surface area (Å²) in [6.07, 6.45) is 0.774. The lowest BCUT2D eigenvalue weighted by Crippen LogP contribution is -2.39. The molecule has 1 heterocycles. The van der Waals surface area contributed by atoms with E-state index in [9.17, 15) is 14.0 Å². The molecule has 0 N–H and O–H groups in total. The molecular formula is C24H28FN3O2. The third-order valence-electron chi connectivity index (χ3n) is 5.09. The van der Waals surface area contributed by atoms with Crippen LogP contribution < -0.4 is 5.56 Å². The van der Waals surface area contributed by atoms with Gasteiger partial charge in [0, 0.05) is 18.7 Å². The van der Waals surface area contributed by atoms with Gasteiger partial charge in [0.2, 0.25) is 0 Å². The highest BCUT2D eigenvalue weighted by molar-refractivity contribution is 5.94. The van der Waals surface area contributed by atoms with Gasteiger partial charge in [0.05, 0.1) is 16.9 Å². The molecule has 158 valence electrons. The first kappa shape index (κ1) is 21.7. The first-order chi connectivity index (χ1) is 14.3. The zero-order valence-electron chi connectivity index (χ0n) is 17.9. The minimum atomic E-state index is -0.422. The molecule has 5 nitrogen and oxygen atoms in total. The van der Waals surface area contributed by atoms with Crippen LogP contribution in [0.5, 0.6) is 0 Å². The molecule has 1 atom stereocenters. The highest BCUT2D eigenvalue weighted by Gasteiger charge is 2.27. The number of carbonyl (C=O) groups excluding carboxylic acids is 1. The van der Waals surface area contributed by atoms with E-state index in [-0.39, 0.29) is 23.2 Å². The Morgan fingerprint density at radius 2 is 1.77 bits per heavy atom. The molecule has 6 heteroatoms. The van der Waals surface area contributed by atoms with Gasteiger partial charge < -0.3 is 4.90 Å². The predicted molar refractivity (Wildman–Crippen MR) is 117 cm³/mol. The maximum Gasteiger partial charge on any atom is 0.261 e. The largest absolute Gasteiger partial charge is 0.328 e. The lowest BCUT2D eigenvalue weighted by atomic mass is 10.1. The quantitative estimate of drug-likeness (QED) is 0.563. The van der Waals surface area contributed by atoms with Gasteiger partial charge in [0.25, 0.3) is 11.5 Å². The lowest BCUT2D eigenvalue weighted by Gasteiger charge is -2.32. The van der Waals surface area contributed by atoms with Crippen molar-refractivity contribution in [2.24, 2.45) is 5.92 Å². The van der Waals surface area contributed by atoms with Crippen molar-refractivity contribution in [1.82, 2.24) is 14.5 Å². The summed E-state index contributed by atoms with van der Waals surface area (Å²) in [6, 6.07) is 12.4. The van der Waals surface area contributed by atoms with Gasteiger partial charge in [-0.1, -0.05) is 32.9 Å². The van der Waals surface area contributed by atoms with Gasteiger partial charge in [-0.3, -0.25) is 14.2 Å². The van der Waals surface area contributed by atoms with Gasteiger partial charge in [-0.05, 0) is 55.7 Å². The molecule has 1 amide bonds. The molecule has 0 spiro atoms. The Hall–Kier alpha value is -3.02.